The molecular weight excluding hydrogens is 228 g/mol. The molecule has 0 saturated heterocycles. The summed E-state index contributed by atoms with van der Waals surface area (Å²) in [7, 11) is 0. The Morgan fingerprint density at radius 1 is 1.00 bits per heavy atom. The highest BCUT2D eigenvalue weighted by atomic mass is 14.2. The molecule has 0 aromatic heterocycles. The van der Waals surface area contributed by atoms with Crippen LogP contribution in [0.15, 0.2) is 84.5 Å². The second kappa shape index (κ2) is 5.27. The predicted octanol–water partition coefficient (Wildman–Crippen LogP) is 5.09. The van der Waals surface area contributed by atoms with Crippen molar-refractivity contribution in [1.29, 1.82) is 0 Å². The molecule has 0 spiro atoms. The van der Waals surface area contributed by atoms with Gasteiger partial charge in [-0.3, -0.25) is 0 Å². The van der Waals surface area contributed by atoms with Crippen molar-refractivity contribution in [2.45, 2.75) is 12.8 Å². The van der Waals surface area contributed by atoms with E-state index in [1.54, 1.807) is 0 Å². The van der Waals surface area contributed by atoms with E-state index < -0.39 is 0 Å². The Morgan fingerprint density at radius 2 is 1.84 bits per heavy atom. The molecule has 0 bridgehead atoms. The third-order valence-electron chi connectivity index (χ3n) is 3.73. The van der Waals surface area contributed by atoms with Crippen molar-refractivity contribution in [3.63, 3.8) is 0 Å². The number of allylic oxidation sites excluding steroid dienone is 9. The lowest BCUT2D eigenvalue weighted by molar-refractivity contribution is 0.747. The predicted molar refractivity (Wildman–Crippen MR) is 82.6 cm³/mol. The molecule has 3 rings (SSSR count). The fourth-order valence-corrected chi connectivity index (χ4v) is 2.76. The van der Waals surface area contributed by atoms with Crippen LogP contribution in [0.4, 0.5) is 0 Å². The van der Waals surface area contributed by atoms with Crippen LogP contribution in [0.1, 0.15) is 18.4 Å². The minimum absolute atomic E-state index is 0.536. The zero-order valence-electron chi connectivity index (χ0n) is 11.0. The molecule has 2 aliphatic carbocycles. The van der Waals surface area contributed by atoms with E-state index in [9.17, 15) is 0 Å². The molecule has 0 saturated carbocycles. The van der Waals surface area contributed by atoms with Crippen LogP contribution in [-0.4, -0.2) is 0 Å². The molecule has 2 aliphatic rings. The Bertz CT molecular complexity index is 594. The van der Waals surface area contributed by atoms with Gasteiger partial charge in [0.1, 0.15) is 0 Å². The van der Waals surface area contributed by atoms with Gasteiger partial charge < -0.3 is 0 Å². The summed E-state index contributed by atoms with van der Waals surface area (Å²) in [6, 6.07) is 10.6. The molecule has 0 aliphatic heterocycles. The van der Waals surface area contributed by atoms with E-state index in [4.69, 9.17) is 0 Å². The highest BCUT2D eigenvalue weighted by Gasteiger charge is 2.17. The van der Waals surface area contributed by atoms with Crippen LogP contribution >= 0.6 is 0 Å². The average molecular weight is 246 g/mol. The number of hydrogen-bond acceptors (Lipinski definition) is 0. The highest BCUT2D eigenvalue weighted by Crippen LogP contribution is 2.35. The van der Waals surface area contributed by atoms with Gasteiger partial charge in [0, 0.05) is 5.92 Å². The second-order valence-corrected chi connectivity index (χ2v) is 5.16. The van der Waals surface area contributed by atoms with E-state index in [0.29, 0.717) is 5.92 Å². The molecule has 1 aromatic rings. The van der Waals surface area contributed by atoms with E-state index in [-0.39, 0.29) is 0 Å². The van der Waals surface area contributed by atoms with Gasteiger partial charge in [-0.1, -0.05) is 78.9 Å². The van der Waals surface area contributed by atoms with Crippen LogP contribution < -0.4 is 0 Å². The lowest BCUT2D eigenvalue weighted by Gasteiger charge is -2.23. The summed E-state index contributed by atoms with van der Waals surface area (Å²) >= 11 is 0. The van der Waals surface area contributed by atoms with Crippen molar-refractivity contribution in [3.05, 3.63) is 90.1 Å². The van der Waals surface area contributed by atoms with Crippen LogP contribution in [0.2, 0.25) is 0 Å². The number of benzene rings is 1. The summed E-state index contributed by atoms with van der Waals surface area (Å²) in [6.45, 7) is 4.14. The van der Waals surface area contributed by atoms with E-state index in [1.165, 1.54) is 16.7 Å². The molecule has 0 unspecified atom stereocenters. The van der Waals surface area contributed by atoms with Crippen molar-refractivity contribution in [2.75, 3.05) is 0 Å². The van der Waals surface area contributed by atoms with Crippen molar-refractivity contribution in [1.82, 2.24) is 0 Å². The van der Waals surface area contributed by atoms with Gasteiger partial charge in [0.05, 0.1) is 0 Å². The summed E-state index contributed by atoms with van der Waals surface area (Å²) < 4.78 is 0. The van der Waals surface area contributed by atoms with Gasteiger partial charge in [0.25, 0.3) is 0 Å². The first-order valence-electron chi connectivity index (χ1n) is 6.81. The quantitative estimate of drug-likeness (QED) is 0.682. The smallest absolute Gasteiger partial charge is 0.00211 e. The maximum atomic E-state index is 4.14. The lowest BCUT2D eigenvalue weighted by Crippen LogP contribution is -2.06. The van der Waals surface area contributed by atoms with E-state index >= 15 is 0 Å². The molecular formula is C19H18. The van der Waals surface area contributed by atoms with Gasteiger partial charge in [-0.05, 0) is 29.6 Å². The summed E-state index contributed by atoms with van der Waals surface area (Å²) in [4.78, 5) is 0. The highest BCUT2D eigenvalue weighted by molar-refractivity contribution is 5.73. The topological polar surface area (TPSA) is 0 Å². The molecule has 0 amide bonds. The summed E-state index contributed by atoms with van der Waals surface area (Å²) in [5.74, 6) is 0.536. The maximum Gasteiger partial charge on any atom is 0.00211 e. The van der Waals surface area contributed by atoms with Crippen molar-refractivity contribution >= 4 is 5.57 Å². The van der Waals surface area contributed by atoms with Gasteiger partial charge in [0.15, 0.2) is 0 Å². The summed E-state index contributed by atoms with van der Waals surface area (Å²) in [5, 5.41) is 0. The van der Waals surface area contributed by atoms with Crippen molar-refractivity contribution in [2.24, 2.45) is 5.92 Å². The summed E-state index contributed by atoms with van der Waals surface area (Å²) in [5.41, 5.74) is 5.28. The molecule has 19 heavy (non-hydrogen) atoms. The van der Waals surface area contributed by atoms with Gasteiger partial charge in [-0.2, -0.15) is 0 Å². The summed E-state index contributed by atoms with van der Waals surface area (Å²) in [6.07, 6.45) is 15.4. The average Bonchev–Trinajstić information content (AvgIpc) is 2.48. The molecule has 0 radical (unpaired) electrons. The van der Waals surface area contributed by atoms with Crippen LogP contribution in [0.5, 0.6) is 0 Å². The van der Waals surface area contributed by atoms with Crippen molar-refractivity contribution in [3.8, 4) is 0 Å². The largest absolute Gasteiger partial charge is 0.0918 e. The first-order valence-corrected chi connectivity index (χ1v) is 6.81. The first-order chi connectivity index (χ1) is 9.33. The van der Waals surface area contributed by atoms with Crippen molar-refractivity contribution < 1.29 is 0 Å². The van der Waals surface area contributed by atoms with Crippen LogP contribution in [0.3, 0.4) is 0 Å². The number of hydrogen-bond donors (Lipinski definition) is 0. The fourth-order valence-electron chi connectivity index (χ4n) is 2.76. The van der Waals surface area contributed by atoms with Gasteiger partial charge in [0.2, 0.25) is 0 Å². The standard InChI is InChI=1S/C19H18/c1-15-12-18(16-8-4-2-5-9-16)14-19(13-15)17-10-6-3-7-11-17/h2-10,12-13,17H,1,11,14H2/t17-/m1/s1. The normalized spacial score (nSPS) is 22.1. The lowest BCUT2D eigenvalue weighted by atomic mass is 9.82. The Kier molecular flexibility index (Phi) is 3.33. The van der Waals surface area contributed by atoms with Crippen LogP contribution in [0.25, 0.3) is 5.57 Å². The zero-order valence-corrected chi connectivity index (χ0v) is 11.0. The van der Waals surface area contributed by atoms with Crippen LogP contribution in [-0.2, 0) is 0 Å². The third-order valence-corrected chi connectivity index (χ3v) is 3.73. The third kappa shape index (κ3) is 2.68. The second-order valence-electron chi connectivity index (χ2n) is 5.16. The molecule has 0 nitrogen and oxygen atoms in total. The molecule has 1 atom stereocenters. The van der Waals surface area contributed by atoms with E-state index in [0.717, 1.165) is 18.4 Å². The Labute approximate surface area is 115 Å². The zero-order chi connectivity index (χ0) is 13.1. The minimum atomic E-state index is 0.536. The molecule has 0 fully saturated rings. The fraction of sp³-hybridized carbons (Fsp3) is 0.158. The van der Waals surface area contributed by atoms with Crippen LogP contribution in [0, 0.1) is 5.92 Å². The SMILES string of the molecule is C=C1C=C(c2ccccc2)CC([C@@H]2C=CC=CC2)=C1. The Morgan fingerprint density at radius 3 is 2.58 bits per heavy atom. The maximum absolute atomic E-state index is 4.14. The first kappa shape index (κ1) is 12.0. The van der Waals surface area contributed by atoms with Gasteiger partial charge in [-0.25, -0.2) is 0 Å². The van der Waals surface area contributed by atoms with E-state index in [1.807, 2.05) is 0 Å². The molecule has 0 heterocycles. The molecule has 94 valence electrons. The van der Waals surface area contributed by atoms with Gasteiger partial charge >= 0.3 is 0 Å². The minimum Gasteiger partial charge on any atom is -0.0918 e. The van der Waals surface area contributed by atoms with Gasteiger partial charge in [-0.15, -0.1) is 0 Å². The monoisotopic (exact) mass is 246 g/mol. The molecule has 0 heteroatoms. The molecule has 1 aromatic carbocycles. The molecule has 0 N–H and O–H groups in total. The van der Waals surface area contributed by atoms with E-state index in [2.05, 4.69) is 73.4 Å². The number of rotatable bonds is 2. The Balaban J connectivity index is 1.85. The Hall–Kier alpha value is -2.08.